The van der Waals surface area contributed by atoms with Crippen LogP contribution < -0.4 is 5.32 Å². The monoisotopic (exact) mass is 221 g/mol. The summed E-state index contributed by atoms with van der Waals surface area (Å²) < 4.78 is 25.6. The number of rotatable bonds is 5. The summed E-state index contributed by atoms with van der Waals surface area (Å²) in [7, 11) is 0. The number of hydrogen-bond acceptors (Lipinski definition) is 2. The van der Waals surface area contributed by atoms with Crippen LogP contribution in [0.3, 0.4) is 0 Å². The van der Waals surface area contributed by atoms with Crippen molar-refractivity contribution in [1.82, 2.24) is 5.32 Å². The molecule has 2 N–H and O–H groups in total. The Balaban J connectivity index is 2.37. The molecule has 6 heteroatoms. The molecule has 86 valence electrons. The van der Waals surface area contributed by atoms with E-state index >= 15 is 0 Å². The van der Waals surface area contributed by atoms with E-state index in [-0.39, 0.29) is 25.3 Å². The first-order valence-electron chi connectivity index (χ1n) is 4.67. The van der Waals surface area contributed by atoms with Crippen molar-refractivity contribution in [3.63, 3.8) is 0 Å². The number of carbonyl (C=O) groups excluding carboxylic acids is 1. The molecule has 0 bridgehead atoms. The average molecular weight is 221 g/mol. The Kier molecular flexibility index (Phi) is 2.97. The summed E-state index contributed by atoms with van der Waals surface area (Å²) in [6.07, 6.45) is -0.438. The molecule has 1 fully saturated rings. The minimum atomic E-state index is -3.09. The third-order valence-electron chi connectivity index (χ3n) is 2.66. The highest BCUT2D eigenvalue weighted by Gasteiger charge is 2.75. The zero-order chi connectivity index (χ0) is 11.7. The number of aliphatic carboxylic acids is 1. The molecule has 1 unspecified atom stereocenters. The van der Waals surface area contributed by atoms with Crippen molar-refractivity contribution >= 4 is 11.9 Å². The fourth-order valence-electron chi connectivity index (χ4n) is 1.60. The maximum absolute atomic E-state index is 12.8. The van der Waals surface area contributed by atoms with Crippen LogP contribution in [-0.4, -0.2) is 29.5 Å². The van der Waals surface area contributed by atoms with E-state index in [1.54, 1.807) is 0 Å². The molecule has 4 nitrogen and oxygen atoms in total. The molecule has 1 atom stereocenters. The van der Waals surface area contributed by atoms with Crippen LogP contribution in [0.4, 0.5) is 8.78 Å². The van der Waals surface area contributed by atoms with Gasteiger partial charge in [0.2, 0.25) is 5.91 Å². The van der Waals surface area contributed by atoms with E-state index in [1.807, 2.05) is 0 Å². The summed E-state index contributed by atoms with van der Waals surface area (Å²) >= 11 is 0. The SMILES string of the molecule is CC(=O)NCCCC1(C(=O)O)CC1(F)F. The molecule has 0 aromatic carbocycles. The molecule has 1 saturated carbocycles. The first-order chi connectivity index (χ1) is 6.82. The molecular weight excluding hydrogens is 208 g/mol. The second kappa shape index (κ2) is 3.75. The van der Waals surface area contributed by atoms with E-state index in [2.05, 4.69) is 5.32 Å². The highest BCUT2D eigenvalue weighted by atomic mass is 19.3. The van der Waals surface area contributed by atoms with Gasteiger partial charge in [-0.05, 0) is 12.8 Å². The molecular formula is C9H13F2NO3. The molecule has 0 aromatic rings. The van der Waals surface area contributed by atoms with Crippen LogP contribution in [0.5, 0.6) is 0 Å². The molecule has 0 heterocycles. The Morgan fingerprint density at radius 1 is 1.47 bits per heavy atom. The van der Waals surface area contributed by atoms with Crippen LogP contribution >= 0.6 is 0 Å². The first kappa shape index (κ1) is 11.9. The predicted molar refractivity (Wildman–Crippen MR) is 47.6 cm³/mol. The minimum absolute atomic E-state index is 0.102. The highest BCUT2D eigenvalue weighted by Crippen LogP contribution is 2.63. The third-order valence-corrected chi connectivity index (χ3v) is 2.66. The number of amides is 1. The topological polar surface area (TPSA) is 66.4 Å². The van der Waals surface area contributed by atoms with Crippen LogP contribution in [0.15, 0.2) is 0 Å². The molecule has 0 aromatic heterocycles. The van der Waals surface area contributed by atoms with E-state index in [9.17, 15) is 18.4 Å². The van der Waals surface area contributed by atoms with Crippen molar-refractivity contribution in [3.8, 4) is 0 Å². The first-order valence-corrected chi connectivity index (χ1v) is 4.67. The number of carbonyl (C=O) groups is 2. The van der Waals surface area contributed by atoms with Gasteiger partial charge in [0.1, 0.15) is 5.41 Å². The second-order valence-corrected chi connectivity index (χ2v) is 3.86. The number of nitrogens with one attached hydrogen (secondary N) is 1. The number of alkyl halides is 2. The lowest BCUT2D eigenvalue weighted by Crippen LogP contribution is -2.26. The molecule has 0 spiro atoms. The molecule has 0 radical (unpaired) electrons. The number of carboxylic acid groups (broad SMARTS) is 1. The van der Waals surface area contributed by atoms with Crippen LogP contribution in [0.2, 0.25) is 0 Å². The van der Waals surface area contributed by atoms with Gasteiger partial charge in [-0.15, -0.1) is 0 Å². The van der Waals surface area contributed by atoms with E-state index < -0.39 is 23.7 Å². The van der Waals surface area contributed by atoms with Gasteiger partial charge in [-0.2, -0.15) is 0 Å². The minimum Gasteiger partial charge on any atom is -0.481 e. The van der Waals surface area contributed by atoms with Gasteiger partial charge in [0.25, 0.3) is 5.92 Å². The van der Waals surface area contributed by atoms with Gasteiger partial charge in [0.05, 0.1) is 0 Å². The Labute approximate surface area is 85.7 Å². The number of halogens is 2. The van der Waals surface area contributed by atoms with Crippen LogP contribution in [0, 0.1) is 5.41 Å². The molecule has 1 aliphatic carbocycles. The van der Waals surface area contributed by atoms with Crippen molar-refractivity contribution in [2.24, 2.45) is 5.41 Å². The highest BCUT2D eigenvalue weighted by molar-refractivity contribution is 5.80. The number of carboxylic acids is 1. The van der Waals surface area contributed by atoms with Crippen molar-refractivity contribution in [3.05, 3.63) is 0 Å². The fourth-order valence-corrected chi connectivity index (χ4v) is 1.60. The van der Waals surface area contributed by atoms with Crippen molar-refractivity contribution in [2.75, 3.05) is 6.54 Å². The predicted octanol–water partition coefficient (Wildman–Crippen LogP) is 1.01. The van der Waals surface area contributed by atoms with Gasteiger partial charge in [-0.3, -0.25) is 9.59 Å². The smallest absolute Gasteiger partial charge is 0.316 e. The van der Waals surface area contributed by atoms with Crippen LogP contribution in [0.1, 0.15) is 26.2 Å². The van der Waals surface area contributed by atoms with Gasteiger partial charge in [-0.25, -0.2) is 8.78 Å². The lowest BCUT2D eigenvalue weighted by atomic mass is 10.00. The second-order valence-electron chi connectivity index (χ2n) is 3.86. The Morgan fingerprint density at radius 2 is 2.00 bits per heavy atom. The zero-order valence-corrected chi connectivity index (χ0v) is 8.35. The van der Waals surface area contributed by atoms with E-state index in [0.29, 0.717) is 0 Å². The van der Waals surface area contributed by atoms with Gasteiger partial charge in [-0.1, -0.05) is 0 Å². The lowest BCUT2D eigenvalue weighted by molar-refractivity contribution is -0.148. The summed E-state index contributed by atoms with van der Waals surface area (Å²) in [6.45, 7) is 1.55. The van der Waals surface area contributed by atoms with E-state index in [1.165, 1.54) is 6.92 Å². The van der Waals surface area contributed by atoms with Crippen molar-refractivity contribution in [2.45, 2.75) is 32.1 Å². The van der Waals surface area contributed by atoms with Crippen LogP contribution in [-0.2, 0) is 9.59 Å². The third kappa shape index (κ3) is 2.24. The maximum atomic E-state index is 12.8. The van der Waals surface area contributed by atoms with Gasteiger partial charge < -0.3 is 10.4 Å². The normalized spacial score (nSPS) is 27.1. The van der Waals surface area contributed by atoms with E-state index in [0.717, 1.165) is 0 Å². The van der Waals surface area contributed by atoms with Gasteiger partial charge in [0, 0.05) is 19.9 Å². The summed E-state index contributed by atoms with van der Waals surface area (Å²) in [4.78, 5) is 21.1. The molecule has 1 aliphatic rings. The molecule has 15 heavy (non-hydrogen) atoms. The molecule has 0 aliphatic heterocycles. The quantitative estimate of drug-likeness (QED) is 0.681. The Bertz CT molecular complexity index is 293. The summed E-state index contributed by atoms with van der Waals surface area (Å²) in [6, 6.07) is 0. The fraction of sp³-hybridized carbons (Fsp3) is 0.778. The largest absolute Gasteiger partial charge is 0.481 e. The zero-order valence-electron chi connectivity index (χ0n) is 8.35. The van der Waals surface area contributed by atoms with Crippen molar-refractivity contribution < 1.29 is 23.5 Å². The summed E-state index contributed by atoms with van der Waals surface area (Å²) in [5, 5.41) is 11.1. The van der Waals surface area contributed by atoms with E-state index in [4.69, 9.17) is 5.11 Å². The maximum Gasteiger partial charge on any atom is 0.316 e. The lowest BCUT2D eigenvalue weighted by Gasteiger charge is -2.10. The van der Waals surface area contributed by atoms with Crippen molar-refractivity contribution in [1.29, 1.82) is 0 Å². The molecule has 1 rings (SSSR count). The molecule has 0 saturated heterocycles. The standard InChI is InChI=1S/C9H13F2NO3/c1-6(13)12-4-2-3-8(7(14)15)5-9(8,10)11/h2-5H2,1H3,(H,12,13)(H,14,15). The average Bonchev–Trinajstić information content (AvgIpc) is 2.64. The Hall–Kier alpha value is -1.20. The summed E-state index contributed by atoms with van der Waals surface area (Å²) in [5.41, 5.74) is -1.88. The Morgan fingerprint density at radius 3 is 2.33 bits per heavy atom. The van der Waals surface area contributed by atoms with Gasteiger partial charge in [0.15, 0.2) is 0 Å². The number of hydrogen-bond donors (Lipinski definition) is 2. The van der Waals surface area contributed by atoms with Gasteiger partial charge >= 0.3 is 5.97 Å². The van der Waals surface area contributed by atoms with Crippen LogP contribution in [0.25, 0.3) is 0 Å². The molecule has 1 amide bonds. The summed E-state index contributed by atoms with van der Waals surface area (Å²) in [5.74, 6) is -4.79.